The van der Waals surface area contributed by atoms with Gasteiger partial charge in [0.25, 0.3) is 5.91 Å². The van der Waals surface area contributed by atoms with Crippen molar-refractivity contribution in [3.8, 4) is 0 Å². The van der Waals surface area contributed by atoms with Crippen molar-refractivity contribution in [2.75, 3.05) is 12.8 Å². The van der Waals surface area contributed by atoms with E-state index >= 15 is 0 Å². The number of amides is 1. The number of rotatable bonds is 2. The molecule has 2 N–H and O–H groups in total. The van der Waals surface area contributed by atoms with E-state index < -0.39 is 0 Å². The van der Waals surface area contributed by atoms with E-state index in [0.717, 1.165) is 25.7 Å². The zero-order chi connectivity index (χ0) is 14.9. The van der Waals surface area contributed by atoms with Gasteiger partial charge in [0.05, 0.1) is 17.4 Å². The van der Waals surface area contributed by atoms with Crippen LogP contribution in [0.2, 0.25) is 5.15 Å². The predicted molar refractivity (Wildman–Crippen MR) is 81.8 cm³/mol. The summed E-state index contributed by atoms with van der Waals surface area (Å²) in [6.07, 6.45) is 5.80. The van der Waals surface area contributed by atoms with Crippen molar-refractivity contribution in [2.45, 2.75) is 45.6 Å². The van der Waals surface area contributed by atoms with Crippen LogP contribution in [0.4, 0.5) is 5.69 Å². The normalized spacial score (nSPS) is 18.8. The van der Waals surface area contributed by atoms with E-state index in [2.05, 4.69) is 18.8 Å². The van der Waals surface area contributed by atoms with Gasteiger partial charge in [-0.05, 0) is 37.2 Å². The van der Waals surface area contributed by atoms with Crippen LogP contribution in [-0.2, 0) is 0 Å². The highest BCUT2D eigenvalue weighted by atomic mass is 35.5. The molecule has 2 rings (SSSR count). The zero-order valence-corrected chi connectivity index (χ0v) is 13.1. The Balaban J connectivity index is 2.11. The molecule has 1 saturated carbocycles. The number of nitrogen functional groups attached to an aromatic ring is 1. The summed E-state index contributed by atoms with van der Waals surface area (Å²) < 4.78 is 0. The van der Waals surface area contributed by atoms with Crippen molar-refractivity contribution in [1.82, 2.24) is 9.88 Å². The van der Waals surface area contributed by atoms with Gasteiger partial charge in [-0.3, -0.25) is 4.79 Å². The molecule has 1 aliphatic carbocycles. The van der Waals surface area contributed by atoms with Gasteiger partial charge >= 0.3 is 0 Å². The van der Waals surface area contributed by atoms with Gasteiger partial charge in [-0.25, -0.2) is 4.98 Å². The second-order valence-corrected chi connectivity index (χ2v) is 6.78. The summed E-state index contributed by atoms with van der Waals surface area (Å²) in [6.45, 7) is 4.56. The zero-order valence-electron chi connectivity index (χ0n) is 12.3. The van der Waals surface area contributed by atoms with E-state index in [0.29, 0.717) is 16.7 Å². The number of nitrogens with zero attached hydrogens (tertiary/aromatic N) is 2. The van der Waals surface area contributed by atoms with Crippen molar-refractivity contribution in [3.63, 3.8) is 0 Å². The van der Waals surface area contributed by atoms with Gasteiger partial charge in [0, 0.05) is 13.1 Å². The Labute approximate surface area is 125 Å². The molecule has 0 aromatic carbocycles. The average molecular weight is 296 g/mol. The van der Waals surface area contributed by atoms with E-state index in [1.807, 2.05) is 7.05 Å². The first-order chi connectivity index (χ1) is 9.30. The predicted octanol–water partition coefficient (Wildman–Crippen LogP) is 3.36. The van der Waals surface area contributed by atoms with E-state index in [1.54, 1.807) is 11.0 Å². The molecule has 0 radical (unpaired) electrons. The van der Waals surface area contributed by atoms with Gasteiger partial charge in [0.1, 0.15) is 5.15 Å². The second-order valence-electron chi connectivity index (χ2n) is 6.42. The lowest BCUT2D eigenvalue weighted by Gasteiger charge is -2.38. The number of nitrogens with two attached hydrogens (primary N) is 1. The molecule has 0 saturated heterocycles. The number of carbonyl (C=O) groups is 1. The monoisotopic (exact) mass is 295 g/mol. The summed E-state index contributed by atoms with van der Waals surface area (Å²) in [6, 6.07) is 1.87. The van der Waals surface area contributed by atoms with Crippen molar-refractivity contribution in [2.24, 2.45) is 5.41 Å². The van der Waals surface area contributed by atoms with E-state index in [1.165, 1.54) is 6.20 Å². The molecule has 20 heavy (non-hydrogen) atoms. The lowest BCUT2D eigenvalue weighted by molar-refractivity contribution is 0.0635. The van der Waals surface area contributed by atoms with Crippen LogP contribution in [0.3, 0.4) is 0 Å². The highest BCUT2D eigenvalue weighted by Crippen LogP contribution is 2.37. The molecule has 1 aliphatic rings. The van der Waals surface area contributed by atoms with Gasteiger partial charge in [0.2, 0.25) is 0 Å². The molecule has 5 heteroatoms. The third-order valence-electron chi connectivity index (χ3n) is 4.27. The summed E-state index contributed by atoms with van der Waals surface area (Å²) in [4.78, 5) is 18.3. The highest BCUT2D eigenvalue weighted by molar-refractivity contribution is 6.32. The Morgan fingerprint density at radius 2 is 2.05 bits per heavy atom. The van der Waals surface area contributed by atoms with E-state index in [4.69, 9.17) is 17.3 Å². The molecular formula is C15H22ClN3O. The maximum atomic E-state index is 12.5. The molecule has 0 aliphatic heterocycles. The van der Waals surface area contributed by atoms with Crippen LogP contribution < -0.4 is 5.73 Å². The maximum absolute atomic E-state index is 12.5. The number of carbonyl (C=O) groups excluding carboxylic acids is 1. The third-order valence-corrected chi connectivity index (χ3v) is 4.57. The summed E-state index contributed by atoms with van der Waals surface area (Å²) >= 11 is 6.01. The quantitative estimate of drug-likeness (QED) is 0.851. The molecule has 0 unspecified atom stereocenters. The topological polar surface area (TPSA) is 59.2 Å². The van der Waals surface area contributed by atoms with Crippen LogP contribution in [0, 0.1) is 5.41 Å². The van der Waals surface area contributed by atoms with Crippen LogP contribution >= 0.6 is 11.6 Å². The number of halogens is 1. The number of hydrogen-bond donors (Lipinski definition) is 1. The molecule has 4 nitrogen and oxygen atoms in total. The Bertz CT molecular complexity index is 506. The SMILES string of the molecule is CN(C(=O)c1cc(N)cnc1Cl)C1CCC(C)(C)CC1. The lowest BCUT2D eigenvalue weighted by Crippen LogP contribution is -2.41. The highest BCUT2D eigenvalue weighted by Gasteiger charge is 2.31. The summed E-state index contributed by atoms with van der Waals surface area (Å²) in [5.41, 5.74) is 6.92. The van der Waals surface area contributed by atoms with Crippen LogP contribution in [-0.4, -0.2) is 28.9 Å². The van der Waals surface area contributed by atoms with Crippen molar-refractivity contribution in [1.29, 1.82) is 0 Å². The smallest absolute Gasteiger partial charge is 0.257 e. The van der Waals surface area contributed by atoms with Gasteiger partial charge in [0.15, 0.2) is 0 Å². The van der Waals surface area contributed by atoms with Crippen LogP contribution in [0.25, 0.3) is 0 Å². The molecule has 1 heterocycles. The maximum Gasteiger partial charge on any atom is 0.257 e. The molecular weight excluding hydrogens is 274 g/mol. The molecule has 110 valence electrons. The molecule has 1 fully saturated rings. The fourth-order valence-corrected chi connectivity index (χ4v) is 2.93. The molecule has 1 amide bonds. The minimum atomic E-state index is -0.0977. The van der Waals surface area contributed by atoms with Crippen molar-refractivity contribution in [3.05, 3.63) is 23.0 Å². The van der Waals surface area contributed by atoms with Crippen molar-refractivity contribution >= 4 is 23.2 Å². The second kappa shape index (κ2) is 5.60. The minimum absolute atomic E-state index is 0.0977. The Morgan fingerprint density at radius 1 is 1.45 bits per heavy atom. The van der Waals surface area contributed by atoms with Gasteiger partial charge in [-0.2, -0.15) is 0 Å². The first-order valence-corrected chi connectivity index (χ1v) is 7.36. The first kappa shape index (κ1) is 15.1. The molecule has 1 aromatic rings. The average Bonchev–Trinajstić information content (AvgIpc) is 2.40. The third kappa shape index (κ3) is 3.23. The van der Waals surface area contributed by atoms with Gasteiger partial charge in [-0.1, -0.05) is 25.4 Å². The van der Waals surface area contributed by atoms with Crippen LogP contribution in [0.1, 0.15) is 49.9 Å². The Kier molecular flexibility index (Phi) is 4.23. The minimum Gasteiger partial charge on any atom is -0.397 e. The summed E-state index contributed by atoms with van der Waals surface area (Å²) in [5.74, 6) is -0.0977. The van der Waals surface area contributed by atoms with E-state index in [9.17, 15) is 4.79 Å². The molecule has 0 bridgehead atoms. The number of anilines is 1. The van der Waals surface area contributed by atoms with Gasteiger partial charge in [-0.15, -0.1) is 0 Å². The molecule has 0 spiro atoms. The van der Waals surface area contributed by atoms with Crippen molar-refractivity contribution < 1.29 is 4.79 Å². The summed E-state index contributed by atoms with van der Waals surface area (Å²) in [5, 5.41) is 0.215. The number of aromatic nitrogens is 1. The fourth-order valence-electron chi connectivity index (χ4n) is 2.74. The Morgan fingerprint density at radius 3 is 2.65 bits per heavy atom. The Hall–Kier alpha value is -1.29. The van der Waals surface area contributed by atoms with Crippen LogP contribution in [0.15, 0.2) is 12.3 Å². The lowest BCUT2D eigenvalue weighted by atomic mass is 9.75. The van der Waals surface area contributed by atoms with Gasteiger partial charge < -0.3 is 10.6 Å². The molecule has 0 atom stereocenters. The number of hydrogen-bond acceptors (Lipinski definition) is 3. The first-order valence-electron chi connectivity index (χ1n) is 6.98. The number of pyridine rings is 1. The van der Waals surface area contributed by atoms with E-state index in [-0.39, 0.29) is 17.1 Å². The molecule has 1 aromatic heterocycles. The van der Waals surface area contributed by atoms with Crippen LogP contribution in [0.5, 0.6) is 0 Å². The fraction of sp³-hybridized carbons (Fsp3) is 0.600. The largest absolute Gasteiger partial charge is 0.397 e. The summed E-state index contributed by atoms with van der Waals surface area (Å²) in [7, 11) is 1.84. The standard InChI is InChI=1S/C15H22ClN3O/c1-15(2)6-4-11(5-7-15)19(3)14(20)12-8-10(17)9-18-13(12)16/h8-9,11H,4-7,17H2,1-3H3.